The number of carboxylic acid groups (broad SMARTS) is 1. The molecule has 0 amide bonds. The monoisotopic (exact) mass is 239 g/mol. The van der Waals surface area contributed by atoms with Crippen molar-refractivity contribution in [2.75, 3.05) is 13.6 Å². The van der Waals surface area contributed by atoms with Crippen LogP contribution in [0.4, 0.5) is 0 Å². The molecule has 0 fully saturated rings. The fourth-order valence-electron chi connectivity index (χ4n) is 1.78. The van der Waals surface area contributed by atoms with E-state index in [-0.39, 0.29) is 6.42 Å². The van der Waals surface area contributed by atoms with Gasteiger partial charge in [-0.3, -0.25) is 9.48 Å². The van der Waals surface area contributed by atoms with Gasteiger partial charge in [0.05, 0.1) is 6.20 Å². The first-order valence-corrected chi connectivity index (χ1v) is 5.96. The number of carboxylic acids is 1. The van der Waals surface area contributed by atoms with Gasteiger partial charge in [0.1, 0.15) is 0 Å². The zero-order valence-electron chi connectivity index (χ0n) is 10.6. The Morgan fingerprint density at radius 3 is 2.82 bits per heavy atom. The number of aryl methyl sites for hydroxylation is 1. The Hall–Kier alpha value is -1.36. The van der Waals surface area contributed by atoms with Crippen LogP contribution < -0.4 is 0 Å². The van der Waals surface area contributed by atoms with Gasteiger partial charge >= 0.3 is 5.97 Å². The fourth-order valence-corrected chi connectivity index (χ4v) is 1.78. The normalized spacial score (nSPS) is 11.0. The molecule has 0 aliphatic carbocycles. The third kappa shape index (κ3) is 6.06. The zero-order chi connectivity index (χ0) is 12.7. The van der Waals surface area contributed by atoms with E-state index in [0.717, 1.165) is 32.4 Å². The molecule has 1 rings (SSSR count). The van der Waals surface area contributed by atoms with Gasteiger partial charge in [-0.25, -0.2) is 0 Å². The first-order valence-electron chi connectivity index (χ1n) is 5.96. The van der Waals surface area contributed by atoms with Gasteiger partial charge in [0.2, 0.25) is 0 Å². The Bertz CT molecular complexity index is 349. The van der Waals surface area contributed by atoms with Gasteiger partial charge in [-0.15, -0.1) is 0 Å². The highest BCUT2D eigenvalue weighted by atomic mass is 16.4. The van der Waals surface area contributed by atoms with Gasteiger partial charge in [-0.2, -0.15) is 5.10 Å². The maximum atomic E-state index is 10.3. The van der Waals surface area contributed by atoms with Crippen molar-refractivity contribution in [3.8, 4) is 0 Å². The molecular formula is C12H21N3O2. The minimum Gasteiger partial charge on any atom is -0.481 e. The summed E-state index contributed by atoms with van der Waals surface area (Å²) in [5, 5.41) is 12.6. The average Bonchev–Trinajstić information content (AvgIpc) is 2.63. The van der Waals surface area contributed by atoms with Crippen LogP contribution in [0.1, 0.15) is 31.2 Å². The van der Waals surface area contributed by atoms with E-state index in [1.54, 1.807) is 4.68 Å². The van der Waals surface area contributed by atoms with Crippen LogP contribution in [0.15, 0.2) is 12.4 Å². The maximum Gasteiger partial charge on any atom is 0.303 e. The lowest BCUT2D eigenvalue weighted by molar-refractivity contribution is -0.137. The first kappa shape index (κ1) is 13.7. The van der Waals surface area contributed by atoms with Crippen molar-refractivity contribution in [3.63, 3.8) is 0 Å². The molecule has 0 bridgehead atoms. The second kappa shape index (κ2) is 7.06. The molecule has 5 heteroatoms. The van der Waals surface area contributed by atoms with E-state index in [1.165, 1.54) is 5.56 Å². The highest BCUT2D eigenvalue weighted by Crippen LogP contribution is 2.05. The summed E-state index contributed by atoms with van der Waals surface area (Å²) in [7, 11) is 3.99. The molecule has 0 radical (unpaired) electrons. The number of rotatable bonds is 8. The number of nitrogens with zero attached hydrogens (tertiary/aromatic N) is 3. The molecule has 1 aromatic rings. The Kier molecular flexibility index (Phi) is 5.69. The summed E-state index contributed by atoms with van der Waals surface area (Å²) < 4.78 is 1.80. The second-order valence-corrected chi connectivity index (χ2v) is 4.46. The number of carbonyl (C=O) groups is 1. The van der Waals surface area contributed by atoms with Crippen LogP contribution in [0.2, 0.25) is 0 Å². The molecule has 0 aromatic carbocycles. The fraction of sp³-hybridized carbons (Fsp3) is 0.667. The number of aliphatic carboxylic acids is 1. The summed E-state index contributed by atoms with van der Waals surface area (Å²) >= 11 is 0. The van der Waals surface area contributed by atoms with Crippen LogP contribution in [0.3, 0.4) is 0 Å². The van der Waals surface area contributed by atoms with Gasteiger partial charge in [-0.05, 0) is 26.4 Å². The van der Waals surface area contributed by atoms with Gasteiger partial charge in [0.25, 0.3) is 0 Å². The van der Waals surface area contributed by atoms with Crippen LogP contribution in [0.25, 0.3) is 0 Å². The van der Waals surface area contributed by atoms with Crippen LogP contribution >= 0.6 is 0 Å². The quantitative estimate of drug-likeness (QED) is 0.698. The highest BCUT2D eigenvalue weighted by molar-refractivity contribution is 5.66. The molecule has 1 N–H and O–H groups in total. The second-order valence-electron chi connectivity index (χ2n) is 4.46. The summed E-state index contributed by atoms with van der Waals surface area (Å²) in [6.07, 6.45) is 6.97. The lowest BCUT2D eigenvalue weighted by Crippen LogP contribution is -2.18. The van der Waals surface area contributed by atoms with Crippen molar-refractivity contribution in [1.29, 1.82) is 0 Å². The van der Waals surface area contributed by atoms with Crippen molar-refractivity contribution in [1.82, 2.24) is 14.7 Å². The third-order valence-electron chi connectivity index (χ3n) is 2.64. The molecule has 0 saturated carbocycles. The molecule has 0 atom stereocenters. The predicted octanol–water partition coefficient (Wildman–Crippen LogP) is 1.50. The topological polar surface area (TPSA) is 58.4 Å². The summed E-state index contributed by atoms with van der Waals surface area (Å²) in [5.41, 5.74) is 1.21. The lowest BCUT2D eigenvalue weighted by Gasteiger charge is -2.14. The molecule has 1 heterocycles. The van der Waals surface area contributed by atoms with Crippen LogP contribution in [-0.4, -0.2) is 39.3 Å². The standard InChI is InChI=1S/C12H21N3O2/c1-14(7-5-3-4-6-12(16)17)9-11-8-13-15(2)10-11/h8,10H,3-7,9H2,1-2H3,(H,16,17). The molecule has 0 unspecified atom stereocenters. The zero-order valence-corrected chi connectivity index (χ0v) is 10.6. The van der Waals surface area contributed by atoms with E-state index in [4.69, 9.17) is 5.11 Å². The van der Waals surface area contributed by atoms with Crippen molar-refractivity contribution in [3.05, 3.63) is 18.0 Å². The predicted molar refractivity (Wildman–Crippen MR) is 65.6 cm³/mol. The minimum atomic E-state index is -0.700. The maximum absolute atomic E-state index is 10.3. The molecule has 0 spiro atoms. The minimum absolute atomic E-state index is 0.284. The smallest absolute Gasteiger partial charge is 0.303 e. The number of hydrogen-bond acceptors (Lipinski definition) is 3. The Morgan fingerprint density at radius 2 is 2.24 bits per heavy atom. The Labute approximate surface area is 102 Å². The van der Waals surface area contributed by atoms with E-state index in [2.05, 4.69) is 17.0 Å². The van der Waals surface area contributed by atoms with Crippen LogP contribution in [0.5, 0.6) is 0 Å². The molecule has 0 aliphatic heterocycles. The van der Waals surface area contributed by atoms with E-state index < -0.39 is 5.97 Å². The summed E-state index contributed by atoms with van der Waals surface area (Å²) in [6.45, 7) is 1.89. The first-order chi connectivity index (χ1) is 8.08. The molecule has 5 nitrogen and oxygen atoms in total. The van der Waals surface area contributed by atoms with Crippen molar-refractivity contribution < 1.29 is 9.90 Å². The molecule has 0 aliphatic rings. The summed E-state index contributed by atoms with van der Waals surface area (Å²) in [6, 6.07) is 0. The van der Waals surface area contributed by atoms with E-state index in [1.807, 2.05) is 19.4 Å². The van der Waals surface area contributed by atoms with Crippen molar-refractivity contribution >= 4 is 5.97 Å². The van der Waals surface area contributed by atoms with Gasteiger partial charge in [0.15, 0.2) is 0 Å². The number of hydrogen-bond donors (Lipinski definition) is 1. The van der Waals surface area contributed by atoms with Gasteiger partial charge in [-0.1, -0.05) is 6.42 Å². The molecule has 0 saturated heterocycles. The van der Waals surface area contributed by atoms with Crippen molar-refractivity contribution in [2.45, 2.75) is 32.2 Å². The Morgan fingerprint density at radius 1 is 1.47 bits per heavy atom. The van der Waals surface area contributed by atoms with Crippen molar-refractivity contribution in [2.24, 2.45) is 7.05 Å². The summed E-state index contributed by atoms with van der Waals surface area (Å²) in [5.74, 6) is -0.700. The SMILES string of the molecule is CN(CCCCCC(=O)O)Cc1cnn(C)c1. The van der Waals surface area contributed by atoms with E-state index in [0.29, 0.717) is 0 Å². The summed E-state index contributed by atoms with van der Waals surface area (Å²) in [4.78, 5) is 12.6. The molecule has 96 valence electrons. The number of aromatic nitrogens is 2. The lowest BCUT2D eigenvalue weighted by atomic mass is 10.2. The molecular weight excluding hydrogens is 218 g/mol. The van der Waals surface area contributed by atoms with Gasteiger partial charge < -0.3 is 10.0 Å². The molecule has 17 heavy (non-hydrogen) atoms. The van der Waals surface area contributed by atoms with Crippen LogP contribution in [0, 0.1) is 0 Å². The average molecular weight is 239 g/mol. The van der Waals surface area contributed by atoms with Gasteiger partial charge in [0, 0.05) is 31.8 Å². The van der Waals surface area contributed by atoms with Crippen LogP contribution in [-0.2, 0) is 18.4 Å². The largest absolute Gasteiger partial charge is 0.481 e. The molecule has 1 aromatic heterocycles. The highest BCUT2D eigenvalue weighted by Gasteiger charge is 2.02. The number of unbranched alkanes of at least 4 members (excludes halogenated alkanes) is 2. The van der Waals surface area contributed by atoms with E-state index in [9.17, 15) is 4.79 Å². The third-order valence-corrected chi connectivity index (χ3v) is 2.64. The Balaban J connectivity index is 2.09. The van der Waals surface area contributed by atoms with E-state index >= 15 is 0 Å².